The van der Waals surface area contributed by atoms with Crippen molar-refractivity contribution in [1.82, 2.24) is 0 Å². The lowest BCUT2D eigenvalue weighted by Crippen LogP contribution is -2.56. The average molecular weight is 326 g/mol. The molecule has 130 valence electrons. The lowest BCUT2D eigenvalue weighted by Gasteiger charge is -2.40. The Morgan fingerprint density at radius 3 is 2.09 bits per heavy atom. The molecule has 2 fully saturated rings. The van der Waals surface area contributed by atoms with E-state index in [1.54, 1.807) is 0 Å². The van der Waals surface area contributed by atoms with Gasteiger partial charge in [0.25, 0.3) is 0 Å². The van der Waals surface area contributed by atoms with Crippen molar-refractivity contribution in [2.45, 2.75) is 55.1 Å². The summed E-state index contributed by atoms with van der Waals surface area (Å²) in [6, 6.07) is 0. The minimum atomic E-state index is -2.04. The number of aliphatic hydroxyl groups excluding tert-OH is 7. The Balaban J connectivity index is 2.10. The molecule has 0 bridgehead atoms. The molecule has 1 unspecified atom stereocenters. The van der Waals surface area contributed by atoms with Gasteiger partial charge in [0.15, 0.2) is 6.29 Å². The molecule has 10 nitrogen and oxygen atoms in total. The van der Waals surface area contributed by atoms with Crippen LogP contribution in [0.15, 0.2) is 0 Å². The van der Waals surface area contributed by atoms with Gasteiger partial charge < -0.3 is 50.0 Å². The molecule has 0 aromatic carbocycles. The first-order chi connectivity index (χ1) is 10.4. The summed E-state index contributed by atoms with van der Waals surface area (Å²) in [6.07, 6.45) is -9.36. The molecule has 8 atom stereocenters. The van der Waals surface area contributed by atoms with Crippen LogP contribution in [0.5, 0.6) is 0 Å². The Morgan fingerprint density at radius 2 is 1.59 bits per heavy atom. The summed E-state index contributed by atoms with van der Waals surface area (Å²) in [5.74, 6) is -2.04. The van der Waals surface area contributed by atoms with Gasteiger partial charge in [-0.05, 0) is 0 Å². The Kier molecular flexibility index (Phi) is 5.72. The van der Waals surface area contributed by atoms with E-state index in [-0.39, 0.29) is 6.42 Å². The van der Waals surface area contributed by atoms with Crippen LogP contribution in [-0.2, 0) is 14.2 Å². The van der Waals surface area contributed by atoms with Gasteiger partial charge in [-0.25, -0.2) is 0 Å². The molecular weight excluding hydrogens is 304 g/mol. The van der Waals surface area contributed by atoms with Crippen LogP contribution in [-0.4, -0.2) is 104 Å². The quantitative estimate of drug-likeness (QED) is 0.262. The number of hydrogen-bond acceptors (Lipinski definition) is 10. The number of aliphatic hydroxyl groups is 7. The smallest absolute Gasteiger partial charge is 0.223 e. The standard InChI is InChI=1S/C12H22O10/c13-2-6-9(17)5(16)1-8(20-6)22-12(4-15)11(19)10(18)7(3-14)21-12/h5-11,13-19H,1-4H2/t5-,6-,7-,8-,9+,10-,11+,12?/m1/s1. The van der Waals surface area contributed by atoms with E-state index in [1.807, 2.05) is 0 Å². The normalized spacial score (nSPS) is 49.5. The molecule has 0 saturated carbocycles. The zero-order chi connectivity index (χ0) is 16.5. The minimum absolute atomic E-state index is 0.199. The first-order valence-corrected chi connectivity index (χ1v) is 6.94. The van der Waals surface area contributed by atoms with E-state index in [4.69, 9.17) is 24.4 Å². The molecule has 2 aliphatic heterocycles. The maximum Gasteiger partial charge on any atom is 0.223 e. The highest BCUT2D eigenvalue weighted by Gasteiger charge is 2.57. The summed E-state index contributed by atoms with van der Waals surface area (Å²) in [6.45, 7) is -2.02. The van der Waals surface area contributed by atoms with E-state index in [1.165, 1.54) is 0 Å². The van der Waals surface area contributed by atoms with Crippen molar-refractivity contribution in [2.75, 3.05) is 19.8 Å². The zero-order valence-corrected chi connectivity index (χ0v) is 11.7. The summed E-state index contributed by atoms with van der Waals surface area (Å²) in [5, 5.41) is 66.7. The lowest BCUT2D eigenvalue weighted by molar-refractivity contribution is -0.362. The highest BCUT2D eigenvalue weighted by atomic mass is 16.8. The highest BCUT2D eigenvalue weighted by Crippen LogP contribution is 2.35. The van der Waals surface area contributed by atoms with E-state index in [9.17, 15) is 25.5 Å². The predicted octanol–water partition coefficient (Wildman–Crippen LogP) is -4.37. The third-order valence-corrected chi connectivity index (χ3v) is 3.95. The molecular formula is C12H22O10. The maximum absolute atomic E-state index is 9.99. The molecule has 7 N–H and O–H groups in total. The fraction of sp³-hybridized carbons (Fsp3) is 1.00. The molecule has 2 heterocycles. The monoisotopic (exact) mass is 326 g/mol. The molecule has 0 aliphatic carbocycles. The Hall–Kier alpha value is -0.400. The van der Waals surface area contributed by atoms with Crippen LogP contribution in [0.4, 0.5) is 0 Å². The molecule has 0 aromatic rings. The minimum Gasteiger partial charge on any atom is -0.394 e. The van der Waals surface area contributed by atoms with Gasteiger partial charge in [0.05, 0.1) is 19.3 Å². The van der Waals surface area contributed by atoms with Crippen molar-refractivity contribution in [3.05, 3.63) is 0 Å². The van der Waals surface area contributed by atoms with Crippen molar-refractivity contribution in [2.24, 2.45) is 0 Å². The van der Waals surface area contributed by atoms with Gasteiger partial charge in [-0.2, -0.15) is 0 Å². The third kappa shape index (κ3) is 3.12. The molecule has 0 spiro atoms. The van der Waals surface area contributed by atoms with E-state index in [0.717, 1.165) is 0 Å². The summed E-state index contributed by atoms with van der Waals surface area (Å²) in [4.78, 5) is 0. The van der Waals surface area contributed by atoms with Crippen LogP contribution in [0.2, 0.25) is 0 Å². The first-order valence-electron chi connectivity index (χ1n) is 6.94. The molecule has 10 heteroatoms. The topological polar surface area (TPSA) is 169 Å². The van der Waals surface area contributed by atoms with Gasteiger partial charge in [0.2, 0.25) is 5.79 Å². The van der Waals surface area contributed by atoms with Crippen molar-refractivity contribution < 1.29 is 50.0 Å². The average Bonchev–Trinajstić information content (AvgIpc) is 2.75. The molecule has 2 aliphatic rings. The second-order valence-electron chi connectivity index (χ2n) is 5.44. The predicted molar refractivity (Wildman–Crippen MR) is 67.3 cm³/mol. The van der Waals surface area contributed by atoms with Crippen molar-refractivity contribution in [3.8, 4) is 0 Å². The van der Waals surface area contributed by atoms with Gasteiger partial charge in [-0.3, -0.25) is 0 Å². The zero-order valence-electron chi connectivity index (χ0n) is 11.7. The third-order valence-electron chi connectivity index (χ3n) is 3.95. The van der Waals surface area contributed by atoms with Gasteiger partial charge in [0, 0.05) is 6.42 Å². The fourth-order valence-corrected chi connectivity index (χ4v) is 2.63. The molecule has 0 radical (unpaired) electrons. The van der Waals surface area contributed by atoms with E-state index in [0.29, 0.717) is 0 Å². The van der Waals surface area contributed by atoms with Crippen LogP contribution in [0.1, 0.15) is 6.42 Å². The summed E-state index contributed by atoms with van der Waals surface area (Å²) < 4.78 is 15.8. The SMILES string of the molecule is OC[C@H]1OC(CO)(O[C@@H]2C[C@@H](O)[C@H](O)[C@@H](CO)O2)[C@@H](O)[C@@H]1O. The Morgan fingerprint density at radius 1 is 0.955 bits per heavy atom. The maximum atomic E-state index is 9.99. The van der Waals surface area contributed by atoms with Crippen LogP contribution in [0.25, 0.3) is 0 Å². The number of rotatable bonds is 5. The fourth-order valence-electron chi connectivity index (χ4n) is 2.63. The molecule has 0 aromatic heterocycles. The van der Waals surface area contributed by atoms with Crippen molar-refractivity contribution in [1.29, 1.82) is 0 Å². The second kappa shape index (κ2) is 7.01. The molecule has 2 rings (SSSR count). The second-order valence-corrected chi connectivity index (χ2v) is 5.44. The van der Waals surface area contributed by atoms with Gasteiger partial charge >= 0.3 is 0 Å². The van der Waals surface area contributed by atoms with E-state index in [2.05, 4.69) is 0 Å². The molecule has 22 heavy (non-hydrogen) atoms. The molecule has 0 amide bonds. The van der Waals surface area contributed by atoms with Crippen LogP contribution in [0.3, 0.4) is 0 Å². The molecule has 2 saturated heterocycles. The lowest BCUT2D eigenvalue weighted by atomic mass is 10.0. The van der Waals surface area contributed by atoms with Gasteiger partial charge in [-0.1, -0.05) is 0 Å². The van der Waals surface area contributed by atoms with Gasteiger partial charge in [0.1, 0.15) is 37.1 Å². The van der Waals surface area contributed by atoms with E-state index >= 15 is 0 Å². The summed E-state index contributed by atoms with van der Waals surface area (Å²) >= 11 is 0. The highest BCUT2D eigenvalue weighted by molar-refractivity contribution is 4.97. The van der Waals surface area contributed by atoms with Gasteiger partial charge in [-0.15, -0.1) is 0 Å². The van der Waals surface area contributed by atoms with Crippen molar-refractivity contribution >= 4 is 0 Å². The Bertz CT molecular complexity index is 368. The Labute approximate surface area is 126 Å². The van der Waals surface area contributed by atoms with E-state index < -0.39 is 68.5 Å². The van der Waals surface area contributed by atoms with Crippen LogP contribution < -0.4 is 0 Å². The number of hydrogen-bond donors (Lipinski definition) is 7. The van der Waals surface area contributed by atoms with Crippen molar-refractivity contribution in [3.63, 3.8) is 0 Å². The van der Waals surface area contributed by atoms with Crippen LogP contribution in [0, 0.1) is 0 Å². The van der Waals surface area contributed by atoms with Crippen LogP contribution >= 0.6 is 0 Å². The largest absolute Gasteiger partial charge is 0.394 e. The first kappa shape index (κ1) is 17.9. The number of ether oxygens (including phenoxy) is 3. The summed E-state index contributed by atoms with van der Waals surface area (Å²) in [7, 11) is 0. The summed E-state index contributed by atoms with van der Waals surface area (Å²) in [5.41, 5.74) is 0.